The number of carboxylic acids is 1. The second-order valence-electron chi connectivity index (χ2n) is 7.66. The van der Waals surface area contributed by atoms with E-state index in [0.29, 0.717) is 21.7 Å². The van der Waals surface area contributed by atoms with Crippen LogP contribution >= 0.6 is 11.6 Å². The van der Waals surface area contributed by atoms with Crippen LogP contribution in [0.15, 0.2) is 54.6 Å². The van der Waals surface area contributed by atoms with Crippen LogP contribution < -0.4 is 5.43 Å². The molecule has 12 heteroatoms. The van der Waals surface area contributed by atoms with Crippen molar-refractivity contribution in [3.8, 4) is 11.1 Å². The van der Waals surface area contributed by atoms with Gasteiger partial charge in [-0.3, -0.25) is 15.3 Å². The van der Waals surface area contributed by atoms with Gasteiger partial charge >= 0.3 is 5.97 Å². The summed E-state index contributed by atoms with van der Waals surface area (Å²) in [5.74, 6) is -3.43. The predicted octanol–water partition coefficient (Wildman–Crippen LogP) is 3.15. The van der Waals surface area contributed by atoms with Crippen molar-refractivity contribution in [2.24, 2.45) is 0 Å². The number of carbonyl (C=O) groups is 2. The van der Waals surface area contributed by atoms with Crippen molar-refractivity contribution in [2.75, 3.05) is 6.54 Å². The van der Waals surface area contributed by atoms with Gasteiger partial charge in [0.05, 0.1) is 12.1 Å². The molecule has 1 atom stereocenters. The summed E-state index contributed by atoms with van der Waals surface area (Å²) in [4.78, 5) is 23.9. The quantitative estimate of drug-likeness (QED) is 0.273. The van der Waals surface area contributed by atoms with E-state index in [2.05, 4.69) is 20.8 Å². The molecule has 1 heterocycles. The van der Waals surface area contributed by atoms with E-state index in [9.17, 15) is 23.5 Å². The number of rotatable bonds is 8. The van der Waals surface area contributed by atoms with Crippen LogP contribution in [-0.2, 0) is 11.3 Å². The first kappa shape index (κ1) is 24.2. The molecule has 0 aliphatic carbocycles. The number of amides is 1. The summed E-state index contributed by atoms with van der Waals surface area (Å²) < 4.78 is 28.4. The first-order valence-corrected chi connectivity index (χ1v) is 10.6. The highest BCUT2D eigenvalue weighted by atomic mass is 35.5. The van der Waals surface area contributed by atoms with Gasteiger partial charge in [-0.2, -0.15) is 0 Å². The molecule has 1 aromatic heterocycles. The maximum absolute atomic E-state index is 14.2. The van der Waals surface area contributed by atoms with Gasteiger partial charge < -0.3 is 10.2 Å². The van der Waals surface area contributed by atoms with E-state index < -0.39 is 36.2 Å². The third-order valence-electron chi connectivity index (χ3n) is 5.15. The molecule has 180 valence electrons. The van der Waals surface area contributed by atoms with Gasteiger partial charge in [-0.1, -0.05) is 41.1 Å². The summed E-state index contributed by atoms with van der Waals surface area (Å²) in [6.45, 7) is -0.465. The number of hydrogen-bond donors (Lipinski definition) is 4. The lowest BCUT2D eigenvalue weighted by atomic mass is 10.0. The van der Waals surface area contributed by atoms with Gasteiger partial charge in [0.2, 0.25) is 0 Å². The Hall–Kier alpha value is -3.93. The Morgan fingerprint density at radius 2 is 1.83 bits per heavy atom. The molecule has 35 heavy (non-hydrogen) atoms. The third kappa shape index (κ3) is 5.60. The number of nitrogens with zero attached hydrogens (tertiary/aromatic N) is 3. The number of aliphatic hydroxyl groups is 1. The molecule has 0 spiro atoms. The number of fused-ring (bicyclic) bond motifs is 1. The number of aliphatic carboxylic acids is 1. The number of benzene rings is 3. The number of carboxylic acid groups (broad SMARTS) is 1. The Bertz CT molecular complexity index is 1400. The number of hydrazine groups is 1. The van der Waals surface area contributed by atoms with Crippen molar-refractivity contribution in [1.82, 2.24) is 25.8 Å². The minimum atomic E-state index is -1.80. The molecule has 0 unspecified atom stereocenters. The number of aromatic amines is 1. The third-order valence-corrected chi connectivity index (χ3v) is 5.39. The Morgan fingerprint density at radius 3 is 2.54 bits per heavy atom. The van der Waals surface area contributed by atoms with Crippen LogP contribution in [0.3, 0.4) is 0 Å². The molecule has 4 N–H and O–H groups in total. The standard InChI is InChI=1S/C23H18ClF2N5O4/c24-15-5-6-17(25)16(9-15)13-3-1-12(2-4-13)10-31(11-20(32)23(34)35)29-22(33)14-7-18(26)21-19(8-14)27-30-28-21/h1-9,20,32H,10-11H2,(H,29,33)(H,34,35)(H,27,28,30)/t20-/m1/s1. The largest absolute Gasteiger partial charge is 0.479 e. The smallest absolute Gasteiger partial charge is 0.333 e. The van der Waals surface area contributed by atoms with E-state index >= 15 is 0 Å². The van der Waals surface area contributed by atoms with E-state index in [0.717, 1.165) is 6.07 Å². The summed E-state index contributed by atoms with van der Waals surface area (Å²) in [6.07, 6.45) is -1.80. The van der Waals surface area contributed by atoms with Crippen molar-refractivity contribution in [3.05, 3.63) is 82.4 Å². The highest BCUT2D eigenvalue weighted by Gasteiger charge is 2.21. The lowest BCUT2D eigenvalue weighted by molar-refractivity contribution is -0.148. The Morgan fingerprint density at radius 1 is 1.09 bits per heavy atom. The van der Waals surface area contributed by atoms with E-state index in [1.165, 1.54) is 29.3 Å². The zero-order valence-corrected chi connectivity index (χ0v) is 18.6. The molecule has 0 saturated heterocycles. The first-order valence-electron chi connectivity index (χ1n) is 10.2. The maximum Gasteiger partial charge on any atom is 0.333 e. The van der Waals surface area contributed by atoms with E-state index in [4.69, 9.17) is 16.7 Å². The number of aliphatic hydroxyl groups excluding tert-OH is 1. The molecule has 0 bridgehead atoms. The molecule has 0 fully saturated rings. The van der Waals surface area contributed by atoms with Crippen LogP contribution in [0.25, 0.3) is 22.2 Å². The van der Waals surface area contributed by atoms with Crippen LogP contribution in [0.2, 0.25) is 5.02 Å². The fraction of sp³-hybridized carbons (Fsp3) is 0.130. The molecule has 0 radical (unpaired) electrons. The lowest BCUT2D eigenvalue weighted by Gasteiger charge is -2.24. The molecule has 0 aliphatic heterocycles. The number of nitrogens with one attached hydrogen (secondary N) is 2. The van der Waals surface area contributed by atoms with E-state index in [-0.39, 0.29) is 23.1 Å². The number of H-pyrrole nitrogens is 1. The van der Waals surface area contributed by atoms with Crippen molar-refractivity contribution >= 4 is 34.5 Å². The molecular formula is C23H18ClF2N5O4. The minimum absolute atomic E-state index is 0.00920. The van der Waals surface area contributed by atoms with Crippen LogP contribution in [0.4, 0.5) is 8.78 Å². The average molecular weight is 502 g/mol. The predicted molar refractivity (Wildman–Crippen MR) is 122 cm³/mol. The Kier molecular flexibility index (Phi) is 7.01. The molecule has 0 aliphatic rings. The van der Waals surface area contributed by atoms with E-state index in [1.807, 2.05) is 0 Å². The number of carbonyl (C=O) groups excluding carboxylic acids is 1. The number of aromatic nitrogens is 3. The maximum atomic E-state index is 14.2. The zero-order valence-electron chi connectivity index (χ0n) is 17.9. The van der Waals surface area contributed by atoms with Crippen molar-refractivity contribution in [2.45, 2.75) is 12.6 Å². The second-order valence-corrected chi connectivity index (χ2v) is 8.10. The summed E-state index contributed by atoms with van der Waals surface area (Å²) in [5.41, 5.74) is 4.08. The molecular weight excluding hydrogens is 484 g/mol. The van der Waals surface area contributed by atoms with Crippen LogP contribution in [-0.4, -0.2) is 55.2 Å². The van der Waals surface area contributed by atoms with E-state index in [1.54, 1.807) is 24.3 Å². The van der Waals surface area contributed by atoms with Crippen LogP contribution in [0.5, 0.6) is 0 Å². The van der Waals surface area contributed by atoms with Gasteiger partial charge in [0, 0.05) is 22.7 Å². The average Bonchev–Trinajstić information content (AvgIpc) is 3.30. The molecule has 9 nitrogen and oxygen atoms in total. The summed E-state index contributed by atoms with van der Waals surface area (Å²) >= 11 is 5.96. The SMILES string of the molecule is O=C(NN(Cc1ccc(-c2cc(Cl)ccc2F)cc1)C[C@@H](O)C(=O)O)c1cc(F)c2nn[nH]c2c1. The molecule has 0 saturated carbocycles. The van der Waals surface area contributed by atoms with Crippen molar-refractivity contribution in [3.63, 3.8) is 0 Å². The monoisotopic (exact) mass is 501 g/mol. The molecule has 3 aromatic carbocycles. The molecule has 1 amide bonds. The van der Waals surface area contributed by atoms with Crippen LogP contribution in [0, 0.1) is 11.6 Å². The minimum Gasteiger partial charge on any atom is -0.479 e. The number of hydrogen-bond acceptors (Lipinski definition) is 6. The van der Waals surface area contributed by atoms with Crippen molar-refractivity contribution < 1.29 is 28.6 Å². The Balaban J connectivity index is 1.54. The number of halogens is 3. The highest BCUT2D eigenvalue weighted by molar-refractivity contribution is 6.30. The summed E-state index contributed by atoms with van der Waals surface area (Å²) in [5, 5.41) is 30.0. The second kappa shape index (κ2) is 10.1. The Labute approximate surface area is 201 Å². The van der Waals surface area contributed by atoms with Gasteiger partial charge in [-0.25, -0.2) is 18.6 Å². The van der Waals surface area contributed by atoms with Gasteiger partial charge in [0.1, 0.15) is 11.3 Å². The normalized spacial score (nSPS) is 12.1. The fourth-order valence-electron chi connectivity index (χ4n) is 3.42. The zero-order chi connectivity index (χ0) is 25.1. The summed E-state index contributed by atoms with van der Waals surface area (Å²) in [7, 11) is 0. The molecule has 4 aromatic rings. The molecule has 4 rings (SSSR count). The first-order chi connectivity index (χ1) is 16.7. The topological polar surface area (TPSA) is 131 Å². The fourth-order valence-corrected chi connectivity index (χ4v) is 3.59. The van der Waals surface area contributed by atoms with Gasteiger partial charge in [-0.05, 0) is 41.5 Å². The van der Waals surface area contributed by atoms with Gasteiger partial charge in [0.25, 0.3) is 5.91 Å². The van der Waals surface area contributed by atoms with Crippen LogP contribution in [0.1, 0.15) is 15.9 Å². The highest BCUT2D eigenvalue weighted by Crippen LogP contribution is 2.26. The van der Waals surface area contributed by atoms with Gasteiger partial charge in [-0.15, -0.1) is 5.10 Å². The van der Waals surface area contributed by atoms with Crippen molar-refractivity contribution in [1.29, 1.82) is 0 Å². The summed E-state index contributed by atoms with van der Waals surface area (Å²) in [6, 6.07) is 13.1. The van der Waals surface area contributed by atoms with Gasteiger partial charge in [0.15, 0.2) is 11.9 Å². The lowest BCUT2D eigenvalue weighted by Crippen LogP contribution is -2.47.